The number of thioether (sulfide) groups is 1. The molecule has 2 atom stereocenters. The van der Waals surface area contributed by atoms with Crippen LogP contribution < -0.4 is 5.32 Å². The molecule has 1 fully saturated rings. The molecule has 0 unspecified atom stereocenters. The van der Waals surface area contributed by atoms with Crippen LogP contribution in [0.1, 0.15) is 13.8 Å². The fraction of sp³-hybridized carbons (Fsp3) is 0.333. The number of benzene rings is 2. The lowest BCUT2D eigenvalue weighted by atomic mass is 10.2. The molecule has 3 aromatic rings. The Bertz CT molecular complexity index is 1110. The molecule has 168 valence electrons. The third-order valence-corrected chi connectivity index (χ3v) is 6.89. The summed E-state index contributed by atoms with van der Waals surface area (Å²) in [5, 5.41) is 3.96. The number of amides is 2. The number of halogens is 1. The van der Waals surface area contributed by atoms with Gasteiger partial charge in [-0.3, -0.25) is 9.59 Å². The monoisotopic (exact) mass is 515 g/mol. The minimum atomic E-state index is -0.0680. The lowest BCUT2D eigenvalue weighted by Gasteiger charge is -2.35. The Kier molecular flexibility index (Phi) is 7.23. The zero-order chi connectivity index (χ0) is 22.7. The molecule has 1 N–H and O–H groups in total. The van der Waals surface area contributed by atoms with Crippen molar-refractivity contribution < 1.29 is 14.3 Å². The van der Waals surface area contributed by atoms with Crippen molar-refractivity contribution in [1.29, 1.82) is 0 Å². The number of rotatable bonds is 6. The highest BCUT2D eigenvalue weighted by Gasteiger charge is 2.26. The molecule has 0 saturated carbocycles. The quantitative estimate of drug-likeness (QED) is 0.480. The summed E-state index contributed by atoms with van der Waals surface area (Å²) in [7, 11) is 0. The molecule has 1 aliphatic heterocycles. The Hall–Kier alpha value is -2.29. The van der Waals surface area contributed by atoms with Crippen LogP contribution in [-0.4, -0.2) is 52.3 Å². The molecule has 0 radical (unpaired) electrons. The van der Waals surface area contributed by atoms with Crippen LogP contribution in [0, 0.1) is 0 Å². The summed E-state index contributed by atoms with van der Waals surface area (Å²) in [5.74, 6) is 0.301. The fourth-order valence-corrected chi connectivity index (χ4v) is 5.11. The smallest absolute Gasteiger partial charge is 0.242 e. The van der Waals surface area contributed by atoms with Gasteiger partial charge < -0.3 is 19.5 Å². The molecule has 0 bridgehead atoms. The summed E-state index contributed by atoms with van der Waals surface area (Å²) in [5.41, 5.74) is 1.76. The fourth-order valence-electron chi connectivity index (χ4n) is 3.96. The normalized spacial score (nSPS) is 18.7. The Labute approximate surface area is 200 Å². The highest BCUT2D eigenvalue weighted by Crippen LogP contribution is 2.30. The first kappa shape index (κ1) is 22.9. The van der Waals surface area contributed by atoms with E-state index in [2.05, 4.69) is 21.2 Å². The maximum Gasteiger partial charge on any atom is 0.242 e. The lowest BCUT2D eigenvalue weighted by Crippen LogP contribution is -2.49. The number of nitrogens with zero attached hydrogens (tertiary/aromatic N) is 2. The van der Waals surface area contributed by atoms with Crippen molar-refractivity contribution in [3.63, 3.8) is 0 Å². The Morgan fingerprint density at radius 2 is 1.78 bits per heavy atom. The number of carbonyl (C=O) groups excluding carboxylic acids is 2. The topological polar surface area (TPSA) is 63.6 Å². The van der Waals surface area contributed by atoms with Crippen molar-refractivity contribution in [2.24, 2.45) is 0 Å². The summed E-state index contributed by atoms with van der Waals surface area (Å²) >= 11 is 4.87. The van der Waals surface area contributed by atoms with E-state index >= 15 is 0 Å². The van der Waals surface area contributed by atoms with Gasteiger partial charge in [-0.2, -0.15) is 0 Å². The first-order chi connectivity index (χ1) is 15.4. The highest BCUT2D eigenvalue weighted by molar-refractivity contribution is 9.10. The number of morpholine rings is 1. The SMILES string of the molecule is C[C@H]1CN(C(=O)Cn2cc(SCC(=O)Nc3ccc(Br)cc3)c3ccccc32)C[C@H](C)O1. The molecule has 1 aromatic heterocycles. The van der Waals surface area contributed by atoms with Gasteiger partial charge in [-0.25, -0.2) is 0 Å². The van der Waals surface area contributed by atoms with E-state index in [4.69, 9.17) is 4.74 Å². The van der Waals surface area contributed by atoms with Crippen molar-refractivity contribution in [3.05, 3.63) is 59.2 Å². The number of carbonyl (C=O) groups is 2. The first-order valence-corrected chi connectivity index (χ1v) is 12.4. The van der Waals surface area contributed by atoms with Gasteiger partial charge in [0.1, 0.15) is 6.54 Å². The van der Waals surface area contributed by atoms with Gasteiger partial charge in [0.2, 0.25) is 11.8 Å². The summed E-state index contributed by atoms with van der Waals surface area (Å²) in [6, 6.07) is 15.5. The van der Waals surface area contributed by atoms with Gasteiger partial charge in [0, 0.05) is 45.2 Å². The largest absolute Gasteiger partial charge is 0.372 e. The predicted molar refractivity (Wildman–Crippen MR) is 132 cm³/mol. The molecule has 6 nitrogen and oxygen atoms in total. The van der Waals surface area contributed by atoms with E-state index in [9.17, 15) is 9.59 Å². The van der Waals surface area contributed by atoms with E-state index < -0.39 is 0 Å². The number of fused-ring (bicyclic) bond motifs is 1. The number of hydrogen-bond donors (Lipinski definition) is 1. The molecule has 32 heavy (non-hydrogen) atoms. The molecule has 2 aromatic carbocycles. The minimum Gasteiger partial charge on any atom is -0.372 e. The maximum absolute atomic E-state index is 13.0. The van der Waals surface area contributed by atoms with Crippen LogP contribution in [0.3, 0.4) is 0 Å². The van der Waals surface area contributed by atoms with Crippen molar-refractivity contribution in [2.45, 2.75) is 37.5 Å². The minimum absolute atomic E-state index is 0.0412. The van der Waals surface area contributed by atoms with Crippen molar-refractivity contribution >= 4 is 56.1 Å². The predicted octanol–water partition coefficient (Wildman–Crippen LogP) is 4.77. The number of aromatic nitrogens is 1. The molecule has 1 saturated heterocycles. The molecule has 8 heteroatoms. The standard InChI is InChI=1S/C24H26BrN3O3S/c1-16-11-28(12-17(2)31-16)24(30)14-27-13-22(20-5-3-4-6-21(20)27)32-15-23(29)26-19-9-7-18(25)8-10-19/h3-10,13,16-17H,11-12,14-15H2,1-2H3,(H,26,29)/t16-,17-/m0/s1. The van der Waals surface area contributed by atoms with Gasteiger partial charge in [0.15, 0.2) is 0 Å². The van der Waals surface area contributed by atoms with Crippen LogP contribution in [0.2, 0.25) is 0 Å². The average Bonchev–Trinajstić information content (AvgIpc) is 3.11. The molecule has 0 aliphatic carbocycles. The molecule has 4 rings (SSSR count). The van der Waals surface area contributed by atoms with E-state index in [1.165, 1.54) is 11.8 Å². The van der Waals surface area contributed by atoms with E-state index in [0.717, 1.165) is 26.0 Å². The number of hydrogen-bond acceptors (Lipinski definition) is 4. The van der Waals surface area contributed by atoms with E-state index in [-0.39, 0.29) is 36.3 Å². The molecular formula is C24H26BrN3O3S. The van der Waals surface area contributed by atoms with Gasteiger partial charge in [-0.05, 0) is 44.2 Å². The second-order valence-corrected chi connectivity index (χ2v) is 9.97. The number of para-hydroxylation sites is 1. The van der Waals surface area contributed by atoms with Crippen LogP contribution >= 0.6 is 27.7 Å². The Balaban J connectivity index is 1.44. The van der Waals surface area contributed by atoms with Crippen molar-refractivity contribution in [2.75, 3.05) is 24.2 Å². The van der Waals surface area contributed by atoms with E-state index in [0.29, 0.717) is 13.1 Å². The Morgan fingerprint density at radius 1 is 1.09 bits per heavy atom. The summed E-state index contributed by atoms with van der Waals surface area (Å²) in [6.45, 7) is 5.48. The van der Waals surface area contributed by atoms with Gasteiger partial charge in [0.25, 0.3) is 0 Å². The summed E-state index contributed by atoms with van der Waals surface area (Å²) < 4.78 is 8.70. The molecule has 1 aliphatic rings. The maximum atomic E-state index is 13.0. The first-order valence-electron chi connectivity index (χ1n) is 10.6. The average molecular weight is 516 g/mol. The number of anilines is 1. The molecule has 2 heterocycles. The van der Waals surface area contributed by atoms with Crippen LogP contribution in [0.15, 0.2) is 64.1 Å². The second-order valence-electron chi connectivity index (χ2n) is 8.04. The van der Waals surface area contributed by atoms with Crippen molar-refractivity contribution in [3.8, 4) is 0 Å². The van der Waals surface area contributed by atoms with Gasteiger partial charge in [-0.15, -0.1) is 11.8 Å². The molecule has 2 amide bonds. The van der Waals surface area contributed by atoms with Crippen molar-refractivity contribution in [1.82, 2.24) is 9.47 Å². The second kappa shape index (κ2) is 10.1. The van der Waals surface area contributed by atoms with Gasteiger partial charge in [0.05, 0.1) is 18.0 Å². The Morgan fingerprint density at radius 3 is 2.50 bits per heavy atom. The number of ether oxygens (including phenoxy) is 1. The molecule has 0 spiro atoms. The lowest BCUT2D eigenvalue weighted by molar-refractivity contribution is -0.143. The van der Waals surface area contributed by atoms with E-state index in [1.54, 1.807) is 0 Å². The van der Waals surface area contributed by atoms with Crippen LogP contribution in [0.25, 0.3) is 10.9 Å². The van der Waals surface area contributed by atoms with E-state index in [1.807, 2.05) is 78.0 Å². The van der Waals surface area contributed by atoms with Gasteiger partial charge in [-0.1, -0.05) is 34.1 Å². The summed E-state index contributed by atoms with van der Waals surface area (Å²) in [6.07, 6.45) is 2.06. The van der Waals surface area contributed by atoms with Gasteiger partial charge >= 0.3 is 0 Å². The van der Waals surface area contributed by atoms with Crippen LogP contribution in [0.4, 0.5) is 5.69 Å². The highest BCUT2D eigenvalue weighted by atomic mass is 79.9. The third-order valence-electron chi connectivity index (χ3n) is 5.32. The summed E-state index contributed by atoms with van der Waals surface area (Å²) in [4.78, 5) is 28.3. The van der Waals surface area contributed by atoms with Crippen LogP contribution in [-0.2, 0) is 20.9 Å². The number of nitrogens with one attached hydrogen (secondary N) is 1. The molecular weight excluding hydrogens is 490 g/mol. The zero-order valence-electron chi connectivity index (χ0n) is 18.1. The zero-order valence-corrected chi connectivity index (χ0v) is 20.5. The van der Waals surface area contributed by atoms with Crippen LogP contribution in [0.5, 0.6) is 0 Å². The third kappa shape index (κ3) is 5.54.